The average Bonchev–Trinajstić information content (AvgIpc) is 2.87. The summed E-state index contributed by atoms with van der Waals surface area (Å²) in [7, 11) is 0. The zero-order valence-electron chi connectivity index (χ0n) is 11.6. The van der Waals surface area contributed by atoms with Crippen LogP contribution in [-0.4, -0.2) is 21.3 Å². The number of fused-ring (bicyclic) bond motifs is 1. The first-order valence-electron chi connectivity index (χ1n) is 6.64. The summed E-state index contributed by atoms with van der Waals surface area (Å²) in [6.07, 6.45) is -2.85. The molecule has 2 N–H and O–H groups in total. The Morgan fingerprint density at radius 3 is 2.64 bits per heavy atom. The quantitative estimate of drug-likeness (QED) is 0.748. The molecule has 6 heteroatoms. The lowest BCUT2D eigenvalue weighted by atomic mass is 10.0. The number of aromatic nitrogens is 2. The molecule has 0 amide bonds. The van der Waals surface area contributed by atoms with Crippen molar-refractivity contribution >= 4 is 10.9 Å². The van der Waals surface area contributed by atoms with Crippen molar-refractivity contribution in [3.63, 3.8) is 0 Å². The van der Waals surface area contributed by atoms with Gasteiger partial charge in [-0.25, -0.2) is 0 Å². The molecule has 0 saturated carbocycles. The normalized spacial score (nSPS) is 13.5. The van der Waals surface area contributed by atoms with Crippen molar-refractivity contribution in [1.82, 2.24) is 9.97 Å². The molecule has 0 spiro atoms. The molecule has 22 heavy (non-hydrogen) atoms. The van der Waals surface area contributed by atoms with E-state index in [-0.39, 0.29) is 5.56 Å². The first-order chi connectivity index (χ1) is 10.4. The van der Waals surface area contributed by atoms with Gasteiger partial charge >= 0.3 is 6.18 Å². The Morgan fingerprint density at radius 2 is 1.91 bits per heavy atom. The number of nitrogens with zero attached hydrogens (tertiary/aromatic N) is 1. The van der Waals surface area contributed by atoms with Gasteiger partial charge in [-0.2, -0.15) is 13.2 Å². The van der Waals surface area contributed by atoms with Crippen LogP contribution in [0, 0.1) is 6.92 Å². The predicted molar refractivity (Wildman–Crippen MR) is 77.3 cm³/mol. The molecule has 114 valence electrons. The molecule has 0 fully saturated rings. The number of nitrogens with one attached hydrogen (secondary N) is 1. The van der Waals surface area contributed by atoms with E-state index in [0.29, 0.717) is 5.56 Å². The van der Waals surface area contributed by atoms with E-state index in [1.807, 2.05) is 25.3 Å². The van der Waals surface area contributed by atoms with E-state index in [1.165, 1.54) is 12.3 Å². The minimum absolute atomic E-state index is 0.268. The van der Waals surface area contributed by atoms with Crippen LogP contribution in [0.3, 0.4) is 0 Å². The Morgan fingerprint density at radius 1 is 1.14 bits per heavy atom. The van der Waals surface area contributed by atoms with Gasteiger partial charge in [-0.05, 0) is 36.2 Å². The fourth-order valence-corrected chi connectivity index (χ4v) is 2.39. The number of hydrogen-bond donors (Lipinski definition) is 2. The summed E-state index contributed by atoms with van der Waals surface area (Å²) in [5.41, 5.74) is 3.02. The lowest BCUT2D eigenvalue weighted by Crippen LogP contribution is -2.20. The molecule has 2 heterocycles. The number of aromatic amines is 1. The van der Waals surface area contributed by atoms with Crippen LogP contribution in [0.1, 0.15) is 17.2 Å². The number of hydrogen-bond acceptors (Lipinski definition) is 2. The van der Waals surface area contributed by atoms with Crippen molar-refractivity contribution in [2.24, 2.45) is 0 Å². The van der Waals surface area contributed by atoms with Gasteiger partial charge in [-0.3, -0.25) is 4.98 Å². The van der Waals surface area contributed by atoms with E-state index >= 15 is 0 Å². The van der Waals surface area contributed by atoms with Gasteiger partial charge in [0, 0.05) is 40.6 Å². The average molecular weight is 306 g/mol. The number of aliphatic hydroxyl groups excluding tert-OH is 1. The van der Waals surface area contributed by atoms with Crippen LogP contribution in [0.4, 0.5) is 13.2 Å². The fraction of sp³-hybridized carbons (Fsp3) is 0.188. The molecule has 2 aromatic heterocycles. The van der Waals surface area contributed by atoms with Gasteiger partial charge in [0.2, 0.25) is 0 Å². The van der Waals surface area contributed by atoms with E-state index in [2.05, 4.69) is 9.97 Å². The Labute approximate surface area is 124 Å². The summed E-state index contributed by atoms with van der Waals surface area (Å²) in [5, 5.41) is 10.3. The summed E-state index contributed by atoms with van der Waals surface area (Å²) in [5.74, 6) is 0. The molecule has 0 aliphatic carbocycles. The van der Waals surface area contributed by atoms with Crippen LogP contribution in [0.2, 0.25) is 0 Å². The van der Waals surface area contributed by atoms with Crippen LogP contribution in [-0.2, 0) is 0 Å². The highest BCUT2D eigenvalue weighted by Gasteiger charge is 2.39. The standard InChI is InChI=1S/C16H13F3N2O/c1-9-6-21-14-3-2-10(5-13(9)14)11-4-12(8-20-7-11)15(22)16(17,18)19/h2-8,15,21-22H,1H3. The van der Waals surface area contributed by atoms with Gasteiger partial charge in [-0.15, -0.1) is 0 Å². The second-order valence-corrected chi connectivity index (χ2v) is 5.18. The number of H-pyrrole nitrogens is 1. The molecule has 3 aromatic rings. The molecule has 0 saturated heterocycles. The van der Waals surface area contributed by atoms with Gasteiger partial charge in [0.15, 0.2) is 6.10 Å². The number of aliphatic hydroxyl groups is 1. The monoisotopic (exact) mass is 306 g/mol. The number of alkyl halides is 3. The maximum Gasteiger partial charge on any atom is 0.418 e. The van der Waals surface area contributed by atoms with Gasteiger partial charge in [-0.1, -0.05) is 6.07 Å². The summed E-state index contributed by atoms with van der Waals surface area (Å²) in [6.45, 7) is 1.95. The molecule has 0 bridgehead atoms. The highest BCUT2D eigenvalue weighted by molar-refractivity contribution is 5.87. The summed E-state index contributed by atoms with van der Waals surface area (Å²) in [4.78, 5) is 6.93. The van der Waals surface area contributed by atoms with E-state index in [1.54, 1.807) is 6.07 Å². The number of aryl methyl sites for hydroxylation is 1. The molecule has 3 nitrogen and oxygen atoms in total. The largest absolute Gasteiger partial charge is 0.418 e. The van der Waals surface area contributed by atoms with Crippen molar-refractivity contribution in [1.29, 1.82) is 0 Å². The summed E-state index contributed by atoms with van der Waals surface area (Å²) >= 11 is 0. The van der Waals surface area contributed by atoms with Crippen molar-refractivity contribution in [2.75, 3.05) is 0 Å². The topological polar surface area (TPSA) is 48.9 Å². The minimum Gasteiger partial charge on any atom is -0.379 e. The Balaban J connectivity index is 2.05. The smallest absolute Gasteiger partial charge is 0.379 e. The molecule has 0 radical (unpaired) electrons. The van der Waals surface area contributed by atoms with Crippen LogP contribution in [0.15, 0.2) is 42.9 Å². The zero-order chi connectivity index (χ0) is 15.9. The number of rotatable bonds is 2. The number of halogens is 3. The SMILES string of the molecule is Cc1c[nH]c2ccc(-c3cncc(C(O)C(F)(F)F)c3)cc12. The lowest BCUT2D eigenvalue weighted by Gasteiger charge is -2.15. The first-order valence-corrected chi connectivity index (χ1v) is 6.64. The Bertz CT molecular complexity index is 824. The van der Waals surface area contributed by atoms with Gasteiger partial charge < -0.3 is 10.1 Å². The molecule has 1 atom stereocenters. The zero-order valence-corrected chi connectivity index (χ0v) is 11.6. The van der Waals surface area contributed by atoms with Crippen LogP contribution in [0.25, 0.3) is 22.0 Å². The third kappa shape index (κ3) is 2.57. The van der Waals surface area contributed by atoms with Crippen molar-refractivity contribution in [3.8, 4) is 11.1 Å². The Hall–Kier alpha value is -2.34. The van der Waals surface area contributed by atoms with Gasteiger partial charge in [0.1, 0.15) is 0 Å². The second kappa shape index (κ2) is 5.14. The minimum atomic E-state index is -4.71. The number of pyridine rings is 1. The van der Waals surface area contributed by atoms with Gasteiger partial charge in [0.25, 0.3) is 0 Å². The fourth-order valence-electron chi connectivity index (χ4n) is 2.39. The van der Waals surface area contributed by atoms with Crippen LogP contribution >= 0.6 is 0 Å². The van der Waals surface area contributed by atoms with E-state index in [0.717, 1.165) is 28.2 Å². The molecule has 1 unspecified atom stereocenters. The number of benzene rings is 1. The maximum absolute atomic E-state index is 12.6. The molecular weight excluding hydrogens is 293 g/mol. The van der Waals surface area contributed by atoms with Crippen molar-refractivity contribution in [3.05, 3.63) is 54.0 Å². The molecule has 3 rings (SSSR count). The second-order valence-electron chi connectivity index (χ2n) is 5.18. The maximum atomic E-state index is 12.6. The predicted octanol–water partition coefficient (Wildman–Crippen LogP) is 4.13. The highest BCUT2D eigenvalue weighted by atomic mass is 19.4. The van der Waals surface area contributed by atoms with Crippen LogP contribution in [0.5, 0.6) is 0 Å². The third-order valence-electron chi connectivity index (χ3n) is 3.61. The summed E-state index contributed by atoms with van der Waals surface area (Å²) in [6, 6.07) is 6.87. The third-order valence-corrected chi connectivity index (χ3v) is 3.61. The molecular formula is C16H13F3N2O. The van der Waals surface area contributed by atoms with E-state index in [9.17, 15) is 18.3 Å². The van der Waals surface area contributed by atoms with Gasteiger partial charge in [0.05, 0.1) is 0 Å². The molecule has 1 aromatic carbocycles. The van der Waals surface area contributed by atoms with E-state index < -0.39 is 12.3 Å². The van der Waals surface area contributed by atoms with Crippen molar-refractivity contribution < 1.29 is 18.3 Å². The van der Waals surface area contributed by atoms with Crippen LogP contribution < -0.4 is 0 Å². The van der Waals surface area contributed by atoms with E-state index in [4.69, 9.17) is 0 Å². The van der Waals surface area contributed by atoms with Crippen molar-refractivity contribution in [2.45, 2.75) is 19.2 Å². The lowest BCUT2D eigenvalue weighted by molar-refractivity contribution is -0.206. The molecule has 0 aliphatic rings. The molecule has 0 aliphatic heterocycles. The highest BCUT2D eigenvalue weighted by Crippen LogP contribution is 2.34. The summed E-state index contributed by atoms with van der Waals surface area (Å²) < 4.78 is 37.8. The first kappa shape index (κ1) is 14.6. The Kier molecular flexibility index (Phi) is 3.41.